The van der Waals surface area contributed by atoms with E-state index in [2.05, 4.69) is 29.2 Å². The molecule has 2 N–H and O–H groups in total. The van der Waals surface area contributed by atoms with E-state index in [1.54, 1.807) is 6.07 Å². The van der Waals surface area contributed by atoms with Gasteiger partial charge in [-0.05, 0) is 47.6 Å². The van der Waals surface area contributed by atoms with Crippen LogP contribution < -0.4 is 5.73 Å². The fraction of sp³-hybridized carbons (Fsp3) is 0.391. The number of rotatable bonds is 6. The lowest BCUT2D eigenvalue weighted by Crippen LogP contribution is -2.32. The normalized spacial score (nSPS) is 19.0. The highest BCUT2D eigenvalue weighted by Crippen LogP contribution is 2.24. The minimum absolute atomic E-state index is 0.254. The lowest BCUT2D eigenvalue weighted by atomic mass is 9.97. The molecule has 1 fully saturated rings. The maximum absolute atomic E-state index is 12.7. The molecule has 1 saturated heterocycles. The largest absolute Gasteiger partial charge is 0.366 e. The van der Waals surface area contributed by atoms with Gasteiger partial charge in [-0.25, -0.2) is 0 Å². The molecule has 2 aromatic carbocycles. The van der Waals surface area contributed by atoms with E-state index in [-0.39, 0.29) is 5.91 Å². The van der Waals surface area contributed by atoms with Gasteiger partial charge >= 0.3 is 0 Å². The molecule has 2 amide bonds. The average molecular weight is 377 g/mol. The molecule has 2 aliphatic heterocycles. The molecule has 0 bridgehead atoms. The Balaban J connectivity index is 1.25. The first-order valence-corrected chi connectivity index (χ1v) is 10.0. The number of nitrogens with zero attached hydrogens (tertiary/aromatic N) is 2. The molecule has 1 atom stereocenters. The van der Waals surface area contributed by atoms with Crippen LogP contribution in [0.3, 0.4) is 0 Å². The minimum Gasteiger partial charge on any atom is -0.366 e. The third-order valence-corrected chi connectivity index (χ3v) is 5.92. The zero-order valence-corrected chi connectivity index (χ0v) is 16.1. The number of hydrogen-bond acceptors (Lipinski definition) is 3. The van der Waals surface area contributed by atoms with E-state index in [0.717, 1.165) is 51.1 Å². The van der Waals surface area contributed by atoms with E-state index >= 15 is 0 Å². The second-order valence-corrected chi connectivity index (χ2v) is 7.99. The van der Waals surface area contributed by atoms with Crippen molar-refractivity contribution in [3.63, 3.8) is 0 Å². The number of amides is 2. The molecule has 5 heteroatoms. The van der Waals surface area contributed by atoms with Crippen molar-refractivity contribution >= 4 is 11.8 Å². The van der Waals surface area contributed by atoms with Crippen LogP contribution in [0.1, 0.15) is 39.9 Å². The Labute approximate surface area is 166 Å². The van der Waals surface area contributed by atoms with Gasteiger partial charge in [0.2, 0.25) is 11.8 Å². The first kappa shape index (κ1) is 18.7. The first-order chi connectivity index (χ1) is 13.6. The van der Waals surface area contributed by atoms with Crippen molar-refractivity contribution in [1.29, 1.82) is 0 Å². The Morgan fingerprint density at radius 1 is 1.04 bits per heavy atom. The van der Waals surface area contributed by atoms with Gasteiger partial charge in [-0.2, -0.15) is 0 Å². The molecule has 28 heavy (non-hydrogen) atoms. The lowest BCUT2D eigenvalue weighted by Gasteiger charge is -2.19. The van der Waals surface area contributed by atoms with E-state index in [4.69, 9.17) is 5.73 Å². The van der Waals surface area contributed by atoms with E-state index in [9.17, 15) is 9.59 Å². The quantitative estimate of drug-likeness (QED) is 0.841. The Morgan fingerprint density at radius 2 is 1.79 bits per heavy atom. The van der Waals surface area contributed by atoms with E-state index in [1.807, 2.05) is 23.1 Å². The summed E-state index contributed by atoms with van der Waals surface area (Å²) in [7, 11) is 0. The number of carbonyl (C=O) groups is 2. The average Bonchev–Trinajstić information content (AvgIpc) is 3.33. The van der Waals surface area contributed by atoms with E-state index < -0.39 is 5.91 Å². The number of primary amides is 1. The molecular formula is C23H27N3O2. The number of carbonyl (C=O) groups excluding carboxylic acids is 2. The Kier molecular flexibility index (Phi) is 5.44. The zero-order valence-electron chi connectivity index (χ0n) is 16.1. The number of likely N-dealkylation sites (tertiary alicyclic amines) is 1. The predicted molar refractivity (Wildman–Crippen MR) is 109 cm³/mol. The second kappa shape index (κ2) is 8.15. The van der Waals surface area contributed by atoms with Gasteiger partial charge in [0.25, 0.3) is 0 Å². The monoisotopic (exact) mass is 377 g/mol. The Hall–Kier alpha value is -2.66. The summed E-state index contributed by atoms with van der Waals surface area (Å²) in [6, 6.07) is 16.0. The van der Waals surface area contributed by atoms with Crippen LogP contribution >= 0.6 is 0 Å². The molecule has 146 valence electrons. The fourth-order valence-electron chi connectivity index (χ4n) is 4.38. The maximum Gasteiger partial charge on any atom is 0.248 e. The van der Waals surface area contributed by atoms with E-state index in [0.29, 0.717) is 17.9 Å². The number of benzene rings is 2. The summed E-state index contributed by atoms with van der Waals surface area (Å²) in [5.41, 5.74) is 9.80. The molecule has 1 unspecified atom stereocenters. The molecule has 0 saturated carbocycles. The van der Waals surface area contributed by atoms with Crippen molar-refractivity contribution in [3.05, 3.63) is 70.8 Å². The topological polar surface area (TPSA) is 66.6 Å². The maximum atomic E-state index is 12.7. The van der Waals surface area contributed by atoms with Gasteiger partial charge in [0.15, 0.2) is 0 Å². The zero-order chi connectivity index (χ0) is 19.5. The second-order valence-electron chi connectivity index (χ2n) is 7.99. The summed E-state index contributed by atoms with van der Waals surface area (Å²) in [6.45, 7) is 4.35. The predicted octanol–water partition coefficient (Wildman–Crippen LogP) is 2.58. The van der Waals surface area contributed by atoms with Crippen LogP contribution in [-0.2, 0) is 24.3 Å². The summed E-state index contributed by atoms with van der Waals surface area (Å²) in [4.78, 5) is 28.4. The van der Waals surface area contributed by atoms with Crippen LogP contribution in [0.5, 0.6) is 0 Å². The van der Waals surface area contributed by atoms with Gasteiger partial charge in [-0.15, -0.1) is 0 Å². The van der Waals surface area contributed by atoms with Crippen LogP contribution in [0, 0.1) is 5.92 Å². The van der Waals surface area contributed by atoms with Gasteiger partial charge in [0.05, 0.1) is 0 Å². The highest BCUT2D eigenvalue weighted by atomic mass is 16.2. The fourth-order valence-corrected chi connectivity index (χ4v) is 4.38. The molecule has 2 aromatic rings. The van der Waals surface area contributed by atoms with Crippen LogP contribution in [0.4, 0.5) is 0 Å². The van der Waals surface area contributed by atoms with Crippen LogP contribution in [-0.4, -0.2) is 41.2 Å². The third-order valence-electron chi connectivity index (χ3n) is 5.92. The number of hydrogen-bond donors (Lipinski definition) is 1. The molecule has 0 radical (unpaired) electrons. The first-order valence-electron chi connectivity index (χ1n) is 10.0. The molecule has 2 aliphatic rings. The van der Waals surface area contributed by atoms with Gasteiger partial charge in [0.1, 0.15) is 0 Å². The van der Waals surface area contributed by atoms with E-state index in [1.165, 1.54) is 11.1 Å². The molecule has 0 aromatic heterocycles. The summed E-state index contributed by atoms with van der Waals surface area (Å²) < 4.78 is 0. The minimum atomic E-state index is -0.394. The van der Waals surface area contributed by atoms with Gasteiger partial charge in [-0.1, -0.05) is 36.4 Å². The van der Waals surface area contributed by atoms with Crippen molar-refractivity contribution < 1.29 is 9.59 Å². The molecule has 0 spiro atoms. The van der Waals surface area contributed by atoms with Gasteiger partial charge < -0.3 is 10.6 Å². The standard InChI is InChI=1S/C23H27N3O2/c24-23(28)19-7-3-4-17(13-19)12-18-8-11-26(14-18)22(27)9-10-25-15-20-5-1-2-6-21(20)16-25/h1-7,13,18H,8-12,14-16H2,(H2,24,28). The lowest BCUT2D eigenvalue weighted by molar-refractivity contribution is -0.130. The number of nitrogens with two attached hydrogens (primary N) is 1. The summed E-state index contributed by atoms with van der Waals surface area (Å²) in [5, 5.41) is 0. The smallest absolute Gasteiger partial charge is 0.248 e. The van der Waals surface area contributed by atoms with Crippen molar-refractivity contribution in [2.24, 2.45) is 11.7 Å². The summed E-state index contributed by atoms with van der Waals surface area (Å²) in [5.74, 6) is 0.307. The number of fused-ring (bicyclic) bond motifs is 1. The van der Waals surface area contributed by atoms with Crippen molar-refractivity contribution in [3.8, 4) is 0 Å². The summed E-state index contributed by atoms with van der Waals surface area (Å²) >= 11 is 0. The van der Waals surface area contributed by atoms with Crippen LogP contribution in [0.2, 0.25) is 0 Å². The van der Waals surface area contributed by atoms with Crippen molar-refractivity contribution in [2.75, 3.05) is 19.6 Å². The molecule has 0 aliphatic carbocycles. The highest BCUT2D eigenvalue weighted by Gasteiger charge is 2.27. The molecule has 4 rings (SSSR count). The molecular weight excluding hydrogens is 350 g/mol. The Bertz CT molecular complexity index is 855. The molecule has 2 heterocycles. The summed E-state index contributed by atoms with van der Waals surface area (Å²) in [6.07, 6.45) is 2.48. The highest BCUT2D eigenvalue weighted by molar-refractivity contribution is 5.92. The molecule has 5 nitrogen and oxygen atoms in total. The van der Waals surface area contributed by atoms with Crippen molar-refractivity contribution in [2.45, 2.75) is 32.4 Å². The van der Waals surface area contributed by atoms with Crippen LogP contribution in [0.15, 0.2) is 48.5 Å². The van der Waals surface area contributed by atoms with Gasteiger partial charge in [0, 0.05) is 44.7 Å². The third kappa shape index (κ3) is 4.25. The Morgan fingerprint density at radius 3 is 2.50 bits per heavy atom. The van der Waals surface area contributed by atoms with Crippen molar-refractivity contribution in [1.82, 2.24) is 9.80 Å². The van der Waals surface area contributed by atoms with Gasteiger partial charge in [-0.3, -0.25) is 14.5 Å². The van der Waals surface area contributed by atoms with Crippen LogP contribution in [0.25, 0.3) is 0 Å². The SMILES string of the molecule is NC(=O)c1cccc(CC2CCN(C(=O)CCN3Cc4ccccc4C3)C2)c1.